The molecule has 0 spiro atoms. The highest BCUT2D eigenvalue weighted by Gasteiger charge is 2.12. The SMILES string of the molecule is CNC(=O)CCN(CCO)CC(F)F. The number of amides is 1. The first-order chi connectivity index (χ1) is 6.60. The predicted molar refractivity (Wildman–Crippen MR) is 48.2 cm³/mol. The molecule has 0 atom stereocenters. The van der Waals surface area contributed by atoms with Crippen LogP contribution in [0.5, 0.6) is 0 Å². The second kappa shape index (κ2) is 7.64. The number of hydrogen-bond acceptors (Lipinski definition) is 3. The van der Waals surface area contributed by atoms with Gasteiger partial charge in [-0.2, -0.15) is 0 Å². The average Bonchev–Trinajstić information content (AvgIpc) is 2.13. The van der Waals surface area contributed by atoms with Gasteiger partial charge < -0.3 is 10.4 Å². The summed E-state index contributed by atoms with van der Waals surface area (Å²) in [6.45, 7) is -0.177. The first-order valence-electron chi connectivity index (χ1n) is 4.42. The van der Waals surface area contributed by atoms with Crippen LogP contribution in [0.3, 0.4) is 0 Å². The third kappa shape index (κ3) is 6.73. The molecule has 6 heteroatoms. The average molecular weight is 210 g/mol. The lowest BCUT2D eigenvalue weighted by Crippen LogP contribution is -2.35. The maximum atomic E-state index is 12.0. The Bertz CT molecular complexity index is 167. The van der Waals surface area contributed by atoms with E-state index in [1.54, 1.807) is 0 Å². The molecule has 0 aliphatic carbocycles. The van der Waals surface area contributed by atoms with E-state index in [4.69, 9.17) is 5.11 Å². The van der Waals surface area contributed by atoms with Crippen LogP contribution in [0.2, 0.25) is 0 Å². The minimum Gasteiger partial charge on any atom is -0.395 e. The quantitative estimate of drug-likeness (QED) is 0.605. The smallest absolute Gasteiger partial charge is 0.251 e. The van der Waals surface area contributed by atoms with Crippen LogP contribution in [0.1, 0.15) is 6.42 Å². The molecule has 2 N–H and O–H groups in total. The maximum Gasteiger partial charge on any atom is 0.251 e. The van der Waals surface area contributed by atoms with E-state index in [0.29, 0.717) is 0 Å². The van der Waals surface area contributed by atoms with E-state index in [2.05, 4.69) is 5.32 Å². The number of carbonyl (C=O) groups is 1. The standard InChI is InChI=1S/C8H16F2N2O2/c1-11-8(14)2-3-12(4-5-13)6-7(9)10/h7,13H,2-6H2,1H3,(H,11,14). The predicted octanol–water partition coefficient (Wildman–Crippen LogP) is -0.318. The van der Waals surface area contributed by atoms with Crippen molar-refractivity contribution in [3.05, 3.63) is 0 Å². The molecule has 0 bridgehead atoms. The zero-order valence-corrected chi connectivity index (χ0v) is 8.17. The monoisotopic (exact) mass is 210 g/mol. The van der Waals surface area contributed by atoms with Crippen molar-refractivity contribution in [2.75, 3.05) is 33.3 Å². The van der Waals surface area contributed by atoms with E-state index in [-0.39, 0.29) is 32.0 Å². The minimum atomic E-state index is -2.44. The fourth-order valence-electron chi connectivity index (χ4n) is 1.02. The Labute approximate surface area is 81.9 Å². The molecule has 0 fully saturated rings. The highest BCUT2D eigenvalue weighted by Crippen LogP contribution is 1.99. The van der Waals surface area contributed by atoms with Crippen molar-refractivity contribution < 1.29 is 18.7 Å². The molecule has 0 aliphatic rings. The van der Waals surface area contributed by atoms with Gasteiger partial charge in [-0.1, -0.05) is 0 Å². The van der Waals surface area contributed by atoms with Gasteiger partial charge in [0.15, 0.2) is 0 Å². The van der Waals surface area contributed by atoms with E-state index in [1.165, 1.54) is 11.9 Å². The first kappa shape index (κ1) is 13.2. The van der Waals surface area contributed by atoms with Gasteiger partial charge in [0.1, 0.15) is 0 Å². The number of halogens is 2. The number of carbonyl (C=O) groups excluding carboxylic acids is 1. The molecular weight excluding hydrogens is 194 g/mol. The van der Waals surface area contributed by atoms with Crippen LogP contribution in [-0.2, 0) is 4.79 Å². The van der Waals surface area contributed by atoms with Gasteiger partial charge in [0.25, 0.3) is 6.43 Å². The van der Waals surface area contributed by atoms with Gasteiger partial charge in [-0.3, -0.25) is 9.69 Å². The number of aliphatic hydroxyl groups is 1. The normalized spacial score (nSPS) is 11.0. The molecule has 0 aliphatic heterocycles. The Morgan fingerprint density at radius 3 is 2.57 bits per heavy atom. The summed E-state index contributed by atoms with van der Waals surface area (Å²) in [4.78, 5) is 12.2. The lowest BCUT2D eigenvalue weighted by molar-refractivity contribution is -0.121. The second-order valence-electron chi connectivity index (χ2n) is 2.84. The fraction of sp³-hybridized carbons (Fsp3) is 0.875. The molecule has 0 aromatic heterocycles. The van der Waals surface area contributed by atoms with Gasteiger partial charge in [-0.25, -0.2) is 8.78 Å². The largest absolute Gasteiger partial charge is 0.395 e. The number of nitrogens with one attached hydrogen (secondary N) is 1. The first-order valence-corrected chi connectivity index (χ1v) is 4.42. The van der Waals surface area contributed by atoms with Crippen LogP contribution < -0.4 is 5.32 Å². The van der Waals surface area contributed by atoms with E-state index >= 15 is 0 Å². The highest BCUT2D eigenvalue weighted by atomic mass is 19.3. The van der Waals surface area contributed by atoms with Gasteiger partial charge in [-0.15, -0.1) is 0 Å². The van der Waals surface area contributed by atoms with Crippen molar-refractivity contribution in [3.8, 4) is 0 Å². The highest BCUT2D eigenvalue weighted by molar-refractivity contribution is 5.75. The van der Waals surface area contributed by atoms with Crippen molar-refractivity contribution in [3.63, 3.8) is 0 Å². The molecule has 0 radical (unpaired) electrons. The number of hydrogen-bond donors (Lipinski definition) is 2. The number of aliphatic hydroxyl groups excluding tert-OH is 1. The van der Waals surface area contributed by atoms with Gasteiger partial charge in [0, 0.05) is 26.6 Å². The van der Waals surface area contributed by atoms with Crippen LogP contribution in [-0.4, -0.2) is 55.6 Å². The molecule has 1 amide bonds. The van der Waals surface area contributed by atoms with Crippen LogP contribution in [0.15, 0.2) is 0 Å². The van der Waals surface area contributed by atoms with E-state index in [1.807, 2.05) is 0 Å². The van der Waals surface area contributed by atoms with E-state index in [0.717, 1.165) is 0 Å². The van der Waals surface area contributed by atoms with E-state index in [9.17, 15) is 13.6 Å². The number of alkyl halides is 2. The molecule has 0 aromatic rings. The van der Waals surface area contributed by atoms with Crippen LogP contribution in [0.25, 0.3) is 0 Å². The minimum absolute atomic E-state index is 0.168. The fourth-order valence-corrected chi connectivity index (χ4v) is 1.02. The molecule has 0 rings (SSSR count). The Hall–Kier alpha value is -0.750. The van der Waals surface area contributed by atoms with Gasteiger partial charge >= 0.3 is 0 Å². The third-order valence-corrected chi connectivity index (χ3v) is 1.75. The molecule has 4 nitrogen and oxygen atoms in total. The third-order valence-electron chi connectivity index (χ3n) is 1.75. The van der Waals surface area contributed by atoms with Crippen molar-refractivity contribution in [2.45, 2.75) is 12.8 Å². The summed E-state index contributed by atoms with van der Waals surface area (Å²) in [6.07, 6.45) is -2.27. The Morgan fingerprint density at radius 2 is 2.14 bits per heavy atom. The number of nitrogens with zero attached hydrogens (tertiary/aromatic N) is 1. The summed E-state index contributed by atoms with van der Waals surface area (Å²) < 4.78 is 24.0. The molecular formula is C8H16F2N2O2. The van der Waals surface area contributed by atoms with Crippen LogP contribution >= 0.6 is 0 Å². The molecule has 0 aromatic carbocycles. The van der Waals surface area contributed by atoms with Crippen molar-refractivity contribution in [1.29, 1.82) is 0 Å². The van der Waals surface area contributed by atoms with E-state index < -0.39 is 13.0 Å². The molecule has 84 valence electrons. The summed E-state index contributed by atoms with van der Waals surface area (Å²) in [6, 6.07) is 0. The zero-order chi connectivity index (χ0) is 11.0. The Balaban J connectivity index is 3.77. The lowest BCUT2D eigenvalue weighted by Gasteiger charge is -2.19. The summed E-state index contributed by atoms with van der Waals surface area (Å²) in [7, 11) is 1.49. The van der Waals surface area contributed by atoms with Gasteiger partial charge in [0.05, 0.1) is 13.2 Å². The molecule has 14 heavy (non-hydrogen) atoms. The maximum absolute atomic E-state index is 12.0. The summed E-state index contributed by atoms with van der Waals surface area (Å²) >= 11 is 0. The molecule has 0 saturated heterocycles. The molecule has 0 heterocycles. The molecule has 0 saturated carbocycles. The van der Waals surface area contributed by atoms with Crippen molar-refractivity contribution in [1.82, 2.24) is 10.2 Å². The Kier molecular flexibility index (Phi) is 7.23. The second-order valence-corrected chi connectivity index (χ2v) is 2.84. The van der Waals surface area contributed by atoms with Gasteiger partial charge in [0.2, 0.25) is 5.91 Å². The molecule has 0 unspecified atom stereocenters. The van der Waals surface area contributed by atoms with Crippen LogP contribution in [0.4, 0.5) is 8.78 Å². The zero-order valence-electron chi connectivity index (χ0n) is 8.17. The number of rotatable bonds is 7. The summed E-state index contributed by atoms with van der Waals surface area (Å²) in [5, 5.41) is 11.0. The lowest BCUT2D eigenvalue weighted by atomic mass is 10.3. The van der Waals surface area contributed by atoms with Crippen molar-refractivity contribution >= 4 is 5.91 Å². The summed E-state index contributed by atoms with van der Waals surface area (Å²) in [5.74, 6) is -0.192. The van der Waals surface area contributed by atoms with Gasteiger partial charge in [-0.05, 0) is 0 Å². The van der Waals surface area contributed by atoms with Crippen molar-refractivity contribution in [2.24, 2.45) is 0 Å². The topological polar surface area (TPSA) is 52.6 Å². The Morgan fingerprint density at radius 1 is 1.50 bits per heavy atom. The summed E-state index contributed by atoms with van der Waals surface area (Å²) in [5.41, 5.74) is 0. The van der Waals surface area contributed by atoms with Crippen LogP contribution in [0, 0.1) is 0 Å².